The summed E-state index contributed by atoms with van der Waals surface area (Å²) >= 11 is 11.1. The Kier molecular flexibility index (Phi) is 3.73. The lowest BCUT2D eigenvalue weighted by Crippen LogP contribution is -2.33. The van der Waals surface area contributed by atoms with E-state index < -0.39 is 0 Å². The van der Waals surface area contributed by atoms with Gasteiger partial charge < -0.3 is 14.9 Å². The van der Waals surface area contributed by atoms with Crippen LogP contribution in [-0.4, -0.2) is 21.5 Å². The summed E-state index contributed by atoms with van der Waals surface area (Å²) < 4.78 is 2.28. The van der Waals surface area contributed by atoms with Crippen molar-refractivity contribution in [3.8, 4) is 0 Å². The molecule has 96 valence electrons. The van der Waals surface area contributed by atoms with E-state index in [9.17, 15) is 4.79 Å². The monoisotopic (exact) mass is 283 g/mol. The molecule has 0 bridgehead atoms. The zero-order valence-corrected chi connectivity index (χ0v) is 11.7. The quantitative estimate of drug-likeness (QED) is 0.851. The molecule has 4 nitrogen and oxygen atoms in total. The minimum atomic E-state index is -0.0584. The highest BCUT2D eigenvalue weighted by molar-refractivity contribution is 7.71. The van der Waals surface area contributed by atoms with Crippen molar-refractivity contribution in [3.05, 3.63) is 28.0 Å². The number of rotatable bonds is 3. The third-order valence-electron chi connectivity index (χ3n) is 2.49. The van der Waals surface area contributed by atoms with Gasteiger partial charge >= 0.3 is 0 Å². The second kappa shape index (κ2) is 5.12. The SMILES string of the molecule is CC(C)NC(=O)Cn1c(=S)[nH]c2cc(Cl)ccc21. The van der Waals surface area contributed by atoms with Crippen LogP contribution in [0.2, 0.25) is 5.02 Å². The highest BCUT2D eigenvalue weighted by Gasteiger charge is 2.09. The number of hydrogen-bond acceptors (Lipinski definition) is 2. The third-order valence-corrected chi connectivity index (χ3v) is 3.05. The average Bonchev–Trinajstić information content (AvgIpc) is 2.53. The van der Waals surface area contributed by atoms with E-state index in [-0.39, 0.29) is 18.5 Å². The standard InChI is InChI=1S/C12H14ClN3OS/c1-7(2)14-11(17)6-16-10-4-3-8(13)5-9(10)15-12(16)18/h3-5,7H,6H2,1-2H3,(H,14,17)(H,15,18). The third kappa shape index (κ3) is 2.73. The van der Waals surface area contributed by atoms with Gasteiger partial charge in [-0.25, -0.2) is 0 Å². The van der Waals surface area contributed by atoms with Crippen molar-refractivity contribution >= 4 is 40.8 Å². The van der Waals surface area contributed by atoms with Crippen LogP contribution in [0.15, 0.2) is 18.2 Å². The molecule has 0 aliphatic rings. The van der Waals surface area contributed by atoms with E-state index in [0.717, 1.165) is 11.0 Å². The van der Waals surface area contributed by atoms with E-state index in [4.69, 9.17) is 23.8 Å². The van der Waals surface area contributed by atoms with Gasteiger partial charge in [0.2, 0.25) is 5.91 Å². The van der Waals surface area contributed by atoms with Gasteiger partial charge in [0.05, 0.1) is 11.0 Å². The molecule has 0 saturated carbocycles. The van der Waals surface area contributed by atoms with Crippen LogP contribution in [0.25, 0.3) is 11.0 Å². The first kappa shape index (κ1) is 13.1. The molecular weight excluding hydrogens is 270 g/mol. The number of aromatic amines is 1. The zero-order valence-electron chi connectivity index (χ0n) is 10.2. The molecule has 2 aromatic rings. The highest BCUT2D eigenvalue weighted by atomic mass is 35.5. The van der Waals surface area contributed by atoms with Gasteiger partial charge in [-0.05, 0) is 44.3 Å². The molecule has 0 spiro atoms. The summed E-state index contributed by atoms with van der Waals surface area (Å²) in [7, 11) is 0. The van der Waals surface area contributed by atoms with Gasteiger partial charge in [-0.3, -0.25) is 4.79 Å². The van der Waals surface area contributed by atoms with Gasteiger partial charge in [-0.15, -0.1) is 0 Å². The molecule has 18 heavy (non-hydrogen) atoms. The summed E-state index contributed by atoms with van der Waals surface area (Å²) in [6, 6.07) is 5.55. The topological polar surface area (TPSA) is 49.8 Å². The van der Waals surface area contributed by atoms with E-state index in [1.807, 2.05) is 19.9 Å². The van der Waals surface area contributed by atoms with Crippen molar-refractivity contribution in [1.29, 1.82) is 0 Å². The number of carbonyl (C=O) groups excluding carboxylic acids is 1. The summed E-state index contributed by atoms with van der Waals surface area (Å²) in [5, 5.41) is 3.47. The number of amides is 1. The van der Waals surface area contributed by atoms with Crippen LogP contribution >= 0.6 is 23.8 Å². The molecule has 0 unspecified atom stereocenters. The molecule has 0 radical (unpaired) electrons. The number of hydrogen-bond donors (Lipinski definition) is 2. The number of fused-ring (bicyclic) bond motifs is 1. The lowest BCUT2D eigenvalue weighted by molar-refractivity contribution is -0.122. The first-order valence-electron chi connectivity index (χ1n) is 5.65. The molecule has 0 aliphatic carbocycles. The molecule has 2 N–H and O–H groups in total. The molecule has 0 aliphatic heterocycles. The van der Waals surface area contributed by atoms with E-state index in [2.05, 4.69) is 10.3 Å². The molecule has 1 aromatic carbocycles. The minimum Gasteiger partial charge on any atom is -0.352 e. The molecule has 0 fully saturated rings. The first-order valence-corrected chi connectivity index (χ1v) is 6.43. The van der Waals surface area contributed by atoms with E-state index in [1.165, 1.54) is 0 Å². The molecule has 1 heterocycles. The molecule has 1 amide bonds. The Morgan fingerprint density at radius 2 is 2.28 bits per heavy atom. The van der Waals surface area contributed by atoms with Crippen molar-refractivity contribution in [1.82, 2.24) is 14.9 Å². The molecule has 6 heteroatoms. The van der Waals surface area contributed by atoms with Gasteiger partial charge in [0.25, 0.3) is 0 Å². The highest BCUT2D eigenvalue weighted by Crippen LogP contribution is 2.18. The van der Waals surface area contributed by atoms with E-state index >= 15 is 0 Å². The summed E-state index contributed by atoms with van der Waals surface area (Å²) in [5.41, 5.74) is 1.72. The van der Waals surface area contributed by atoms with Crippen molar-refractivity contribution in [3.63, 3.8) is 0 Å². The van der Waals surface area contributed by atoms with Crippen molar-refractivity contribution in [2.24, 2.45) is 0 Å². The molecule has 0 atom stereocenters. The molecular formula is C12H14ClN3OS. The Balaban J connectivity index is 2.36. The summed E-state index contributed by atoms with van der Waals surface area (Å²) in [4.78, 5) is 14.8. The minimum absolute atomic E-state index is 0.0584. The van der Waals surface area contributed by atoms with Crippen molar-refractivity contribution in [2.75, 3.05) is 0 Å². The second-order valence-corrected chi connectivity index (χ2v) is 5.22. The smallest absolute Gasteiger partial charge is 0.240 e. The lowest BCUT2D eigenvalue weighted by atomic mass is 10.3. The Bertz CT molecular complexity index is 644. The van der Waals surface area contributed by atoms with Crippen LogP contribution in [0, 0.1) is 4.77 Å². The van der Waals surface area contributed by atoms with E-state index in [0.29, 0.717) is 9.79 Å². The lowest BCUT2D eigenvalue weighted by Gasteiger charge is -2.09. The maximum Gasteiger partial charge on any atom is 0.240 e. The number of H-pyrrole nitrogens is 1. The van der Waals surface area contributed by atoms with Gasteiger partial charge in [-0.1, -0.05) is 11.6 Å². The predicted octanol–water partition coefficient (Wildman–Crippen LogP) is 2.88. The normalized spacial score (nSPS) is 11.1. The first-order chi connectivity index (χ1) is 8.47. The predicted molar refractivity (Wildman–Crippen MR) is 75.4 cm³/mol. The van der Waals surface area contributed by atoms with E-state index in [1.54, 1.807) is 16.7 Å². The van der Waals surface area contributed by atoms with Crippen LogP contribution in [0.3, 0.4) is 0 Å². The van der Waals surface area contributed by atoms with Crippen LogP contribution in [0.5, 0.6) is 0 Å². The van der Waals surface area contributed by atoms with Crippen molar-refractivity contribution in [2.45, 2.75) is 26.4 Å². The number of benzene rings is 1. The van der Waals surface area contributed by atoms with Crippen LogP contribution in [0.4, 0.5) is 0 Å². The Labute approximate surface area is 115 Å². The van der Waals surface area contributed by atoms with Gasteiger partial charge in [0.1, 0.15) is 6.54 Å². The number of imidazole rings is 1. The summed E-state index contributed by atoms with van der Waals surface area (Å²) in [6.45, 7) is 4.05. The zero-order chi connectivity index (χ0) is 13.3. The summed E-state index contributed by atoms with van der Waals surface area (Å²) in [6.07, 6.45) is 0. The summed E-state index contributed by atoms with van der Waals surface area (Å²) in [5.74, 6) is -0.0584. The Hall–Kier alpha value is -1.33. The number of halogens is 1. The van der Waals surface area contributed by atoms with Gasteiger partial charge in [0.15, 0.2) is 4.77 Å². The molecule has 0 saturated heterocycles. The number of carbonyl (C=O) groups is 1. The van der Waals surface area contributed by atoms with Crippen LogP contribution in [-0.2, 0) is 11.3 Å². The fourth-order valence-electron chi connectivity index (χ4n) is 1.80. The molecule has 2 rings (SSSR count). The van der Waals surface area contributed by atoms with Crippen molar-refractivity contribution < 1.29 is 4.79 Å². The number of nitrogens with one attached hydrogen (secondary N) is 2. The number of nitrogens with zero attached hydrogens (tertiary/aromatic N) is 1. The Morgan fingerprint density at radius 3 is 2.94 bits per heavy atom. The maximum absolute atomic E-state index is 11.8. The number of aromatic nitrogens is 2. The average molecular weight is 284 g/mol. The fourth-order valence-corrected chi connectivity index (χ4v) is 2.25. The second-order valence-electron chi connectivity index (χ2n) is 4.40. The van der Waals surface area contributed by atoms with Gasteiger partial charge in [0, 0.05) is 11.1 Å². The van der Waals surface area contributed by atoms with Gasteiger partial charge in [-0.2, -0.15) is 0 Å². The van der Waals surface area contributed by atoms with Crippen LogP contribution < -0.4 is 5.32 Å². The maximum atomic E-state index is 11.8. The largest absolute Gasteiger partial charge is 0.352 e. The Morgan fingerprint density at radius 1 is 1.56 bits per heavy atom. The molecule has 1 aromatic heterocycles. The van der Waals surface area contributed by atoms with Crippen LogP contribution in [0.1, 0.15) is 13.8 Å². The fraction of sp³-hybridized carbons (Fsp3) is 0.333.